The zero-order chi connectivity index (χ0) is 14.8. The van der Waals surface area contributed by atoms with Crippen LogP contribution in [0.3, 0.4) is 0 Å². The van der Waals surface area contributed by atoms with Crippen LogP contribution in [0, 0.1) is 6.92 Å². The van der Waals surface area contributed by atoms with Crippen molar-refractivity contribution in [1.29, 1.82) is 0 Å². The van der Waals surface area contributed by atoms with E-state index in [2.05, 4.69) is 17.3 Å². The number of nitrogens with zero attached hydrogens (tertiary/aromatic N) is 2. The van der Waals surface area contributed by atoms with E-state index in [-0.39, 0.29) is 12.0 Å². The number of hydrogen-bond donors (Lipinski definition) is 1. The first-order chi connectivity index (χ1) is 9.44. The molecule has 0 radical (unpaired) electrons. The minimum atomic E-state index is -0.642. The van der Waals surface area contributed by atoms with Crippen molar-refractivity contribution >= 4 is 5.97 Å². The van der Waals surface area contributed by atoms with Crippen LogP contribution < -0.4 is 5.32 Å². The van der Waals surface area contributed by atoms with Crippen LogP contribution in [0.2, 0.25) is 0 Å². The molecule has 0 amide bonds. The summed E-state index contributed by atoms with van der Waals surface area (Å²) in [4.78, 5) is 12.3. The first-order valence-corrected chi connectivity index (χ1v) is 7.41. The van der Waals surface area contributed by atoms with E-state index in [1.807, 2.05) is 37.7 Å². The molecule has 0 saturated heterocycles. The fourth-order valence-corrected chi connectivity index (χ4v) is 2.53. The molecule has 1 N–H and O–H groups in total. The van der Waals surface area contributed by atoms with Gasteiger partial charge >= 0.3 is 5.97 Å². The molecule has 2 unspecified atom stereocenters. The number of rotatable bonds is 7. The van der Waals surface area contributed by atoms with E-state index in [0.717, 1.165) is 18.5 Å². The number of aromatic nitrogens is 2. The van der Waals surface area contributed by atoms with Crippen molar-refractivity contribution in [3.05, 3.63) is 18.0 Å². The second-order valence-electron chi connectivity index (χ2n) is 5.96. The Hall–Kier alpha value is -1.36. The lowest BCUT2D eigenvalue weighted by Crippen LogP contribution is -2.52. The third-order valence-electron chi connectivity index (χ3n) is 3.72. The molecule has 1 aromatic heterocycles. The molecule has 112 valence electrons. The summed E-state index contributed by atoms with van der Waals surface area (Å²) in [7, 11) is 0. The van der Waals surface area contributed by atoms with Crippen LogP contribution in [-0.4, -0.2) is 33.9 Å². The number of carbonyl (C=O) groups is 1. The highest BCUT2D eigenvalue weighted by atomic mass is 16.5. The highest BCUT2D eigenvalue weighted by Gasteiger charge is 2.41. The molecular weight excluding hydrogens is 254 g/mol. The Morgan fingerprint density at radius 2 is 2.35 bits per heavy atom. The quantitative estimate of drug-likeness (QED) is 0.778. The van der Waals surface area contributed by atoms with Gasteiger partial charge in [-0.05, 0) is 53.0 Å². The molecule has 0 aromatic carbocycles. The van der Waals surface area contributed by atoms with Gasteiger partial charge in [0, 0.05) is 12.2 Å². The normalized spacial score (nSPS) is 19.4. The van der Waals surface area contributed by atoms with Gasteiger partial charge in [-0.1, -0.05) is 0 Å². The first-order valence-electron chi connectivity index (χ1n) is 7.41. The van der Waals surface area contributed by atoms with Gasteiger partial charge in [-0.2, -0.15) is 5.10 Å². The van der Waals surface area contributed by atoms with Crippen LogP contribution in [0.25, 0.3) is 0 Å². The summed E-state index contributed by atoms with van der Waals surface area (Å²) in [6, 6.07) is 2.58. The van der Waals surface area contributed by atoms with Crippen LogP contribution in [0.4, 0.5) is 0 Å². The van der Waals surface area contributed by atoms with Gasteiger partial charge in [0.15, 0.2) is 0 Å². The number of hydrogen-bond acceptors (Lipinski definition) is 4. The maximum absolute atomic E-state index is 12.3. The average molecular weight is 279 g/mol. The zero-order valence-corrected chi connectivity index (χ0v) is 12.8. The molecule has 1 aliphatic carbocycles. The molecular formula is C15H25N3O2. The van der Waals surface area contributed by atoms with Gasteiger partial charge in [-0.15, -0.1) is 0 Å². The largest absolute Gasteiger partial charge is 0.465 e. The molecule has 5 heteroatoms. The molecule has 2 rings (SSSR count). The Balaban J connectivity index is 2.07. The number of nitrogens with one attached hydrogen (secondary N) is 1. The van der Waals surface area contributed by atoms with Crippen LogP contribution in [0.1, 0.15) is 51.8 Å². The van der Waals surface area contributed by atoms with Crippen LogP contribution >= 0.6 is 0 Å². The zero-order valence-electron chi connectivity index (χ0n) is 12.8. The number of carbonyl (C=O) groups excluding carboxylic acids is 1. The maximum Gasteiger partial charge on any atom is 0.326 e. The lowest BCUT2D eigenvalue weighted by Gasteiger charge is -2.31. The highest BCUT2D eigenvalue weighted by Crippen LogP contribution is 2.28. The molecule has 5 nitrogen and oxygen atoms in total. The predicted octanol–water partition coefficient (Wildman–Crippen LogP) is 2.22. The first kappa shape index (κ1) is 15.0. The Kier molecular flexibility index (Phi) is 4.48. The van der Waals surface area contributed by atoms with E-state index in [9.17, 15) is 4.79 Å². The van der Waals surface area contributed by atoms with Gasteiger partial charge in [0.1, 0.15) is 5.54 Å². The third kappa shape index (κ3) is 3.60. The van der Waals surface area contributed by atoms with Gasteiger partial charge in [0.2, 0.25) is 0 Å². The van der Waals surface area contributed by atoms with Gasteiger partial charge < -0.3 is 4.74 Å². The van der Waals surface area contributed by atoms with Crippen molar-refractivity contribution in [2.75, 3.05) is 6.61 Å². The molecule has 0 bridgehead atoms. The summed E-state index contributed by atoms with van der Waals surface area (Å²) >= 11 is 0. The number of esters is 1. The maximum atomic E-state index is 12.3. The van der Waals surface area contributed by atoms with Gasteiger partial charge in [-0.3, -0.25) is 14.8 Å². The Morgan fingerprint density at radius 1 is 1.65 bits per heavy atom. The van der Waals surface area contributed by atoms with E-state index in [1.54, 1.807) is 0 Å². The summed E-state index contributed by atoms with van der Waals surface area (Å²) in [6.07, 6.45) is 4.92. The standard InChI is InChI=1S/C15H25N3O2/c1-5-20-14(19)15(4,16-13-6-7-13)10-12(3)18-9-8-11(2)17-18/h8-9,12-13,16H,5-7,10H2,1-4H3. The molecule has 1 heterocycles. The van der Waals surface area contributed by atoms with Crippen LogP contribution in [0.15, 0.2) is 12.3 Å². The van der Waals surface area contributed by atoms with Crippen molar-refractivity contribution in [1.82, 2.24) is 15.1 Å². The second-order valence-corrected chi connectivity index (χ2v) is 5.96. The summed E-state index contributed by atoms with van der Waals surface area (Å²) in [6.45, 7) is 8.25. The van der Waals surface area contributed by atoms with E-state index in [1.165, 1.54) is 0 Å². The minimum Gasteiger partial charge on any atom is -0.465 e. The van der Waals surface area contributed by atoms with Crippen LogP contribution in [0.5, 0.6) is 0 Å². The van der Waals surface area contributed by atoms with Crippen LogP contribution in [-0.2, 0) is 9.53 Å². The SMILES string of the molecule is CCOC(=O)C(C)(CC(C)n1ccc(C)n1)NC1CC1. The second kappa shape index (κ2) is 5.95. The fraction of sp³-hybridized carbons (Fsp3) is 0.733. The van der Waals surface area contributed by atoms with Crippen molar-refractivity contribution in [2.45, 2.75) is 64.6 Å². The smallest absolute Gasteiger partial charge is 0.326 e. The van der Waals surface area contributed by atoms with Gasteiger partial charge in [0.25, 0.3) is 0 Å². The number of aryl methyl sites for hydroxylation is 1. The average Bonchev–Trinajstić information content (AvgIpc) is 3.07. The molecule has 0 aliphatic heterocycles. The van der Waals surface area contributed by atoms with Crippen molar-refractivity contribution in [3.8, 4) is 0 Å². The lowest BCUT2D eigenvalue weighted by molar-refractivity contribution is -0.151. The van der Waals surface area contributed by atoms with Crippen molar-refractivity contribution < 1.29 is 9.53 Å². The van der Waals surface area contributed by atoms with Gasteiger partial charge in [0.05, 0.1) is 18.3 Å². The predicted molar refractivity (Wildman–Crippen MR) is 77.5 cm³/mol. The van der Waals surface area contributed by atoms with E-state index < -0.39 is 5.54 Å². The van der Waals surface area contributed by atoms with Gasteiger partial charge in [-0.25, -0.2) is 0 Å². The van der Waals surface area contributed by atoms with Crippen molar-refractivity contribution in [3.63, 3.8) is 0 Å². The summed E-state index contributed by atoms with van der Waals surface area (Å²) < 4.78 is 7.16. The molecule has 1 aliphatic rings. The molecule has 1 saturated carbocycles. The highest BCUT2D eigenvalue weighted by molar-refractivity contribution is 5.80. The van der Waals surface area contributed by atoms with E-state index in [0.29, 0.717) is 19.1 Å². The topological polar surface area (TPSA) is 56.2 Å². The van der Waals surface area contributed by atoms with E-state index >= 15 is 0 Å². The summed E-state index contributed by atoms with van der Waals surface area (Å²) in [5.41, 5.74) is 0.348. The molecule has 2 atom stereocenters. The van der Waals surface area contributed by atoms with E-state index in [4.69, 9.17) is 4.74 Å². The third-order valence-corrected chi connectivity index (χ3v) is 3.72. The number of ether oxygens (including phenoxy) is 1. The lowest BCUT2D eigenvalue weighted by atomic mass is 9.93. The molecule has 20 heavy (non-hydrogen) atoms. The van der Waals surface area contributed by atoms with Crippen molar-refractivity contribution in [2.24, 2.45) is 0 Å². The Labute approximate surface area is 120 Å². The summed E-state index contributed by atoms with van der Waals surface area (Å²) in [5.74, 6) is -0.164. The fourth-order valence-electron chi connectivity index (χ4n) is 2.53. The molecule has 1 aromatic rings. The molecule has 1 fully saturated rings. The molecule has 0 spiro atoms. The minimum absolute atomic E-state index is 0.143. The summed E-state index contributed by atoms with van der Waals surface area (Å²) in [5, 5.41) is 7.88. The monoisotopic (exact) mass is 279 g/mol. The Morgan fingerprint density at radius 3 is 2.85 bits per heavy atom. The Bertz CT molecular complexity index is 467.